The van der Waals surface area contributed by atoms with Gasteiger partial charge in [-0.3, -0.25) is 14.6 Å². The minimum Gasteiger partial charge on any atom is -0.374 e. The van der Waals surface area contributed by atoms with Gasteiger partial charge in [-0.15, -0.1) is 0 Å². The number of rotatable bonds is 9. The minimum absolute atomic E-state index is 0.0205. The Hall–Kier alpha value is -1.50. The molecule has 0 bridgehead atoms. The Bertz CT molecular complexity index is 568. The molecular formula is C20H32FN3O2. The van der Waals surface area contributed by atoms with Gasteiger partial charge in [0, 0.05) is 32.7 Å². The largest absolute Gasteiger partial charge is 0.374 e. The topological polar surface area (TPSA) is 44.8 Å². The molecule has 1 amide bonds. The van der Waals surface area contributed by atoms with E-state index >= 15 is 0 Å². The number of hydrogen-bond donors (Lipinski definition) is 1. The summed E-state index contributed by atoms with van der Waals surface area (Å²) in [7, 11) is 0. The standard InChI is InChI=1S/C20H32FN3O2/c1-4-23(13-17-6-5-7-18(21)10-17)15-20(25)22-11-19-14-24(8-9-26-19)12-16(2)3/h5-7,10,16,19H,4,8-9,11-15H2,1-3H3,(H,22,25). The van der Waals surface area contributed by atoms with E-state index in [0.717, 1.165) is 31.7 Å². The van der Waals surface area contributed by atoms with Crippen LogP contribution in [0.4, 0.5) is 4.39 Å². The summed E-state index contributed by atoms with van der Waals surface area (Å²) in [6.45, 7) is 12.1. The van der Waals surface area contributed by atoms with Crippen LogP contribution in [-0.4, -0.2) is 67.7 Å². The second-order valence-electron chi connectivity index (χ2n) is 7.38. The Morgan fingerprint density at radius 3 is 2.96 bits per heavy atom. The fourth-order valence-corrected chi connectivity index (χ4v) is 3.25. The van der Waals surface area contributed by atoms with Gasteiger partial charge in [0.15, 0.2) is 0 Å². The lowest BCUT2D eigenvalue weighted by atomic mass is 10.2. The molecule has 2 rings (SSSR count). The summed E-state index contributed by atoms with van der Waals surface area (Å²) in [5.74, 6) is 0.362. The molecule has 1 aromatic rings. The van der Waals surface area contributed by atoms with Crippen molar-refractivity contribution in [3.05, 3.63) is 35.6 Å². The first-order chi connectivity index (χ1) is 12.5. The lowest BCUT2D eigenvalue weighted by Crippen LogP contribution is -2.49. The second-order valence-corrected chi connectivity index (χ2v) is 7.38. The average molecular weight is 365 g/mol. The number of halogens is 1. The molecule has 1 fully saturated rings. The van der Waals surface area contributed by atoms with Crippen molar-refractivity contribution in [2.45, 2.75) is 33.4 Å². The van der Waals surface area contributed by atoms with E-state index in [2.05, 4.69) is 24.1 Å². The number of morpholine rings is 1. The molecule has 1 atom stereocenters. The molecule has 1 aliphatic heterocycles. The maximum Gasteiger partial charge on any atom is 0.234 e. The summed E-state index contributed by atoms with van der Waals surface area (Å²) in [4.78, 5) is 16.7. The second kappa shape index (κ2) is 10.6. The molecule has 0 aliphatic carbocycles. The van der Waals surface area contributed by atoms with Gasteiger partial charge in [-0.25, -0.2) is 4.39 Å². The van der Waals surface area contributed by atoms with Crippen LogP contribution in [0.1, 0.15) is 26.3 Å². The lowest BCUT2D eigenvalue weighted by Gasteiger charge is -2.34. The van der Waals surface area contributed by atoms with Crippen LogP contribution in [0.15, 0.2) is 24.3 Å². The van der Waals surface area contributed by atoms with Gasteiger partial charge in [-0.1, -0.05) is 32.9 Å². The van der Waals surface area contributed by atoms with E-state index in [0.29, 0.717) is 32.2 Å². The van der Waals surface area contributed by atoms with Gasteiger partial charge in [-0.2, -0.15) is 0 Å². The Morgan fingerprint density at radius 1 is 1.46 bits per heavy atom. The molecule has 0 aromatic heterocycles. The van der Waals surface area contributed by atoms with Gasteiger partial charge in [0.25, 0.3) is 0 Å². The van der Waals surface area contributed by atoms with Crippen molar-refractivity contribution in [3.8, 4) is 0 Å². The van der Waals surface area contributed by atoms with Crippen LogP contribution >= 0.6 is 0 Å². The zero-order valence-electron chi connectivity index (χ0n) is 16.2. The van der Waals surface area contributed by atoms with E-state index in [1.165, 1.54) is 12.1 Å². The van der Waals surface area contributed by atoms with Crippen molar-refractivity contribution in [2.75, 3.05) is 45.9 Å². The predicted molar refractivity (Wildman–Crippen MR) is 101 cm³/mol. The molecular weight excluding hydrogens is 333 g/mol. The van der Waals surface area contributed by atoms with Crippen molar-refractivity contribution >= 4 is 5.91 Å². The summed E-state index contributed by atoms with van der Waals surface area (Å²) in [6.07, 6.45) is 0.0461. The summed E-state index contributed by atoms with van der Waals surface area (Å²) >= 11 is 0. The molecule has 1 unspecified atom stereocenters. The average Bonchev–Trinajstić information content (AvgIpc) is 2.59. The lowest BCUT2D eigenvalue weighted by molar-refractivity contribution is -0.123. The van der Waals surface area contributed by atoms with Crippen molar-refractivity contribution in [1.29, 1.82) is 0 Å². The molecule has 1 aromatic carbocycles. The molecule has 1 heterocycles. The van der Waals surface area contributed by atoms with E-state index in [1.807, 2.05) is 17.9 Å². The van der Waals surface area contributed by atoms with E-state index in [1.54, 1.807) is 6.07 Å². The molecule has 0 saturated carbocycles. The summed E-state index contributed by atoms with van der Waals surface area (Å²) in [6, 6.07) is 6.52. The number of benzene rings is 1. The van der Waals surface area contributed by atoms with Crippen LogP contribution in [0.2, 0.25) is 0 Å². The Morgan fingerprint density at radius 2 is 2.27 bits per heavy atom. The summed E-state index contributed by atoms with van der Waals surface area (Å²) < 4.78 is 19.1. The first-order valence-electron chi connectivity index (χ1n) is 9.53. The predicted octanol–water partition coefficient (Wildman–Crippen LogP) is 2.12. The molecule has 1 aliphatic rings. The number of likely N-dealkylation sites (N-methyl/N-ethyl adjacent to an activating group) is 1. The number of carbonyl (C=O) groups excluding carboxylic acids is 1. The Labute approximate surface area is 156 Å². The SMILES string of the molecule is CCN(CC(=O)NCC1CN(CC(C)C)CCO1)Cc1cccc(F)c1. The van der Waals surface area contributed by atoms with Gasteiger partial charge in [-0.05, 0) is 30.2 Å². The molecule has 0 radical (unpaired) electrons. The highest BCUT2D eigenvalue weighted by Gasteiger charge is 2.21. The van der Waals surface area contributed by atoms with Crippen LogP contribution in [0.3, 0.4) is 0 Å². The van der Waals surface area contributed by atoms with Gasteiger partial charge in [0.2, 0.25) is 5.91 Å². The monoisotopic (exact) mass is 365 g/mol. The van der Waals surface area contributed by atoms with Gasteiger partial charge >= 0.3 is 0 Å². The van der Waals surface area contributed by atoms with E-state index in [9.17, 15) is 9.18 Å². The van der Waals surface area contributed by atoms with Crippen LogP contribution in [-0.2, 0) is 16.1 Å². The van der Waals surface area contributed by atoms with Crippen molar-refractivity contribution in [2.24, 2.45) is 5.92 Å². The molecule has 6 heteroatoms. The third kappa shape index (κ3) is 7.40. The van der Waals surface area contributed by atoms with Crippen molar-refractivity contribution < 1.29 is 13.9 Å². The molecule has 5 nitrogen and oxygen atoms in total. The third-order valence-corrected chi connectivity index (χ3v) is 4.48. The quantitative estimate of drug-likeness (QED) is 0.728. The Balaban J connectivity index is 1.74. The zero-order valence-corrected chi connectivity index (χ0v) is 16.2. The van der Waals surface area contributed by atoms with Crippen molar-refractivity contribution in [3.63, 3.8) is 0 Å². The molecule has 26 heavy (non-hydrogen) atoms. The normalized spacial score (nSPS) is 18.5. The minimum atomic E-state index is -0.247. The van der Waals surface area contributed by atoms with E-state index in [-0.39, 0.29) is 17.8 Å². The number of carbonyl (C=O) groups is 1. The third-order valence-electron chi connectivity index (χ3n) is 4.48. The fraction of sp³-hybridized carbons (Fsp3) is 0.650. The summed E-state index contributed by atoms with van der Waals surface area (Å²) in [5, 5.41) is 2.98. The highest BCUT2D eigenvalue weighted by atomic mass is 19.1. The van der Waals surface area contributed by atoms with Crippen LogP contribution in [0, 0.1) is 11.7 Å². The highest BCUT2D eigenvalue weighted by molar-refractivity contribution is 5.78. The van der Waals surface area contributed by atoms with E-state index in [4.69, 9.17) is 4.74 Å². The number of ether oxygens (including phenoxy) is 1. The zero-order chi connectivity index (χ0) is 18.9. The van der Waals surface area contributed by atoms with Crippen LogP contribution in [0.5, 0.6) is 0 Å². The molecule has 1 saturated heterocycles. The van der Waals surface area contributed by atoms with Crippen LogP contribution in [0.25, 0.3) is 0 Å². The van der Waals surface area contributed by atoms with Gasteiger partial charge < -0.3 is 10.1 Å². The number of hydrogen-bond acceptors (Lipinski definition) is 4. The van der Waals surface area contributed by atoms with E-state index < -0.39 is 0 Å². The maximum absolute atomic E-state index is 13.3. The van der Waals surface area contributed by atoms with Crippen LogP contribution < -0.4 is 5.32 Å². The fourth-order valence-electron chi connectivity index (χ4n) is 3.25. The molecule has 146 valence electrons. The first-order valence-corrected chi connectivity index (χ1v) is 9.53. The van der Waals surface area contributed by atoms with Gasteiger partial charge in [0.1, 0.15) is 5.82 Å². The molecule has 0 spiro atoms. The van der Waals surface area contributed by atoms with Crippen molar-refractivity contribution in [1.82, 2.24) is 15.1 Å². The number of nitrogens with one attached hydrogen (secondary N) is 1. The number of nitrogens with zero attached hydrogens (tertiary/aromatic N) is 2. The number of amides is 1. The Kier molecular flexibility index (Phi) is 8.48. The maximum atomic E-state index is 13.3. The first kappa shape index (κ1) is 20.8. The van der Waals surface area contributed by atoms with Gasteiger partial charge in [0.05, 0.1) is 19.3 Å². The molecule has 1 N–H and O–H groups in total. The summed E-state index contributed by atoms with van der Waals surface area (Å²) in [5.41, 5.74) is 0.875. The highest BCUT2D eigenvalue weighted by Crippen LogP contribution is 2.08. The smallest absolute Gasteiger partial charge is 0.234 e.